The predicted octanol–water partition coefficient (Wildman–Crippen LogP) is 4.02. The largest absolute Gasteiger partial charge is 0.307 e. The lowest BCUT2D eigenvalue weighted by Crippen LogP contribution is -2.48. The van der Waals surface area contributed by atoms with Crippen LogP contribution in [0.2, 0.25) is 0 Å². The molecule has 3 heteroatoms. The molecule has 1 unspecified atom stereocenters. The van der Waals surface area contributed by atoms with Crippen LogP contribution in [0.4, 0.5) is 0 Å². The van der Waals surface area contributed by atoms with Gasteiger partial charge in [0.1, 0.15) is 0 Å². The summed E-state index contributed by atoms with van der Waals surface area (Å²) in [6.07, 6.45) is 4.71. The maximum absolute atomic E-state index is 12.5. The second-order valence-electron chi connectivity index (χ2n) is 8.07. The van der Waals surface area contributed by atoms with Crippen molar-refractivity contribution in [2.75, 3.05) is 13.1 Å². The van der Waals surface area contributed by atoms with Crippen LogP contribution in [-0.4, -0.2) is 28.6 Å². The molecule has 129 valence electrons. The second kappa shape index (κ2) is 6.72. The summed E-state index contributed by atoms with van der Waals surface area (Å²) in [6.45, 7) is 11.8. The van der Waals surface area contributed by atoms with Crippen LogP contribution in [0.15, 0.2) is 35.1 Å². The molecule has 0 aliphatic carbocycles. The molecule has 0 amide bonds. The van der Waals surface area contributed by atoms with E-state index in [-0.39, 0.29) is 11.0 Å². The number of hydrogen-bond acceptors (Lipinski definition) is 2. The summed E-state index contributed by atoms with van der Waals surface area (Å²) in [4.78, 5) is 15.1. The Labute approximate surface area is 145 Å². The monoisotopic (exact) mass is 325 g/mol. The van der Waals surface area contributed by atoms with Crippen LogP contribution in [-0.2, 0) is 6.54 Å². The van der Waals surface area contributed by atoms with Gasteiger partial charge >= 0.3 is 0 Å². The van der Waals surface area contributed by atoms with E-state index in [1.807, 2.05) is 23.6 Å². The number of pyridine rings is 1. The minimum atomic E-state index is 0.113. The molecule has 1 aromatic heterocycles. The topological polar surface area (TPSA) is 25.2 Å². The zero-order valence-electron chi connectivity index (χ0n) is 15.4. The molecule has 0 saturated carbocycles. The van der Waals surface area contributed by atoms with Crippen LogP contribution in [0.3, 0.4) is 0 Å². The third-order valence-electron chi connectivity index (χ3n) is 5.29. The lowest BCUT2D eigenvalue weighted by atomic mass is 9.80. The quantitative estimate of drug-likeness (QED) is 0.851. The highest BCUT2D eigenvalue weighted by Gasteiger charge is 2.32. The lowest BCUT2D eigenvalue weighted by Gasteiger charge is -2.43. The van der Waals surface area contributed by atoms with Crippen molar-refractivity contribution in [3.8, 4) is 0 Å². The van der Waals surface area contributed by atoms with Gasteiger partial charge in [-0.25, -0.2) is 0 Å². The van der Waals surface area contributed by atoms with Crippen LogP contribution >= 0.6 is 0 Å². The van der Waals surface area contributed by atoms with Crippen molar-refractivity contribution in [1.82, 2.24) is 9.47 Å². The first kappa shape index (κ1) is 17.2. The summed E-state index contributed by atoms with van der Waals surface area (Å²) in [6, 6.07) is 10.6. The Balaban J connectivity index is 1.87. The first-order valence-electron chi connectivity index (χ1n) is 9.03. The number of benzene rings is 1. The Bertz CT molecular complexity index is 769. The number of nitrogens with zero attached hydrogens (tertiary/aromatic N) is 2. The first-order chi connectivity index (χ1) is 11.4. The molecule has 24 heavy (non-hydrogen) atoms. The smallest absolute Gasteiger partial charge is 0.251 e. The number of likely N-dealkylation sites (tertiary alicyclic amines) is 1. The van der Waals surface area contributed by atoms with Crippen molar-refractivity contribution < 1.29 is 0 Å². The van der Waals surface area contributed by atoms with Crippen molar-refractivity contribution in [2.24, 2.45) is 5.41 Å². The second-order valence-corrected chi connectivity index (χ2v) is 8.07. The fraction of sp³-hybridized carbons (Fsp3) is 0.524. The molecule has 1 aliphatic rings. The van der Waals surface area contributed by atoms with Gasteiger partial charge in [0.05, 0.1) is 5.52 Å². The van der Waals surface area contributed by atoms with E-state index < -0.39 is 0 Å². The molecule has 3 rings (SSSR count). The van der Waals surface area contributed by atoms with E-state index in [0.717, 1.165) is 43.6 Å². The summed E-state index contributed by atoms with van der Waals surface area (Å²) < 4.78 is 1.94. The first-order valence-corrected chi connectivity index (χ1v) is 9.03. The highest BCUT2D eigenvalue weighted by atomic mass is 16.1. The molecule has 1 fully saturated rings. The molecule has 3 nitrogen and oxygen atoms in total. The van der Waals surface area contributed by atoms with Crippen LogP contribution in [0.5, 0.6) is 0 Å². The average molecular weight is 325 g/mol. The zero-order valence-corrected chi connectivity index (χ0v) is 15.4. The Hall–Kier alpha value is -1.61. The number of aryl methyl sites for hydroxylation is 1. The Morgan fingerprint density at radius 2 is 1.92 bits per heavy atom. The Morgan fingerprint density at radius 1 is 1.17 bits per heavy atom. The van der Waals surface area contributed by atoms with E-state index in [1.54, 1.807) is 6.07 Å². The van der Waals surface area contributed by atoms with Gasteiger partial charge in [0.2, 0.25) is 0 Å². The van der Waals surface area contributed by atoms with E-state index in [0.29, 0.717) is 6.04 Å². The van der Waals surface area contributed by atoms with Crippen molar-refractivity contribution in [3.63, 3.8) is 0 Å². The van der Waals surface area contributed by atoms with E-state index >= 15 is 0 Å². The standard InChI is InChI=1S/C21H29N2O/c1-16-15-20(24)23(18-10-6-5-9-17(16)18)14-13-22-12-8-7-11-19(22)21(2,3)4/h5-7,9-10,15,19H,8,11-14H2,1-4H3. The third kappa shape index (κ3) is 3.41. The average Bonchev–Trinajstić information content (AvgIpc) is 2.54. The summed E-state index contributed by atoms with van der Waals surface area (Å²) in [5.74, 6) is 0. The van der Waals surface area contributed by atoms with Crippen molar-refractivity contribution in [1.29, 1.82) is 0 Å². The Morgan fingerprint density at radius 3 is 2.67 bits per heavy atom. The molecule has 0 N–H and O–H groups in total. The third-order valence-corrected chi connectivity index (χ3v) is 5.29. The molecular formula is C21H29N2O. The van der Waals surface area contributed by atoms with Gasteiger partial charge in [-0.15, -0.1) is 0 Å². The van der Waals surface area contributed by atoms with Gasteiger partial charge in [-0.1, -0.05) is 39.0 Å². The molecule has 2 heterocycles. The van der Waals surface area contributed by atoms with Crippen LogP contribution in [0.25, 0.3) is 10.9 Å². The molecule has 2 aromatic rings. The number of fused-ring (bicyclic) bond motifs is 1. The van der Waals surface area contributed by atoms with Crippen LogP contribution in [0, 0.1) is 18.8 Å². The fourth-order valence-corrected chi connectivity index (χ4v) is 3.97. The van der Waals surface area contributed by atoms with Gasteiger partial charge in [-0.3, -0.25) is 9.69 Å². The molecule has 1 radical (unpaired) electrons. The van der Waals surface area contributed by atoms with Crippen molar-refractivity contribution in [3.05, 3.63) is 52.7 Å². The predicted molar refractivity (Wildman–Crippen MR) is 101 cm³/mol. The van der Waals surface area contributed by atoms with Gasteiger partial charge in [-0.2, -0.15) is 0 Å². The number of piperidine rings is 1. The van der Waals surface area contributed by atoms with E-state index in [9.17, 15) is 4.79 Å². The molecule has 0 spiro atoms. The summed E-state index contributed by atoms with van der Waals surface area (Å²) in [5, 5.41) is 1.18. The molecule has 1 atom stereocenters. The number of rotatable bonds is 3. The molecule has 1 aliphatic heterocycles. The number of hydrogen-bond donors (Lipinski definition) is 0. The van der Waals surface area contributed by atoms with Gasteiger partial charge in [0.15, 0.2) is 0 Å². The van der Waals surface area contributed by atoms with Crippen LogP contribution in [0.1, 0.15) is 39.2 Å². The molecule has 1 aromatic carbocycles. The van der Waals surface area contributed by atoms with Gasteiger partial charge < -0.3 is 4.57 Å². The van der Waals surface area contributed by atoms with E-state index in [4.69, 9.17) is 0 Å². The Kier molecular flexibility index (Phi) is 4.82. The maximum Gasteiger partial charge on any atom is 0.251 e. The maximum atomic E-state index is 12.5. The highest BCUT2D eigenvalue weighted by Crippen LogP contribution is 2.31. The van der Waals surface area contributed by atoms with Gasteiger partial charge in [0, 0.05) is 30.6 Å². The SMILES string of the molecule is Cc1cc(=O)n(CCN2CC[CH]CC2C(C)(C)C)c2ccccc12. The number of para-hydroxylation sites is 1. The zero-order chi connectivity index (χ0) is 17.3. The molecule has 1 saturated heterocycles. The highest BCUT2D eigenvalue weighted by molar-refractivity contribution is 5.82. The van der Waals surface area contributed by atoms with Crippen molar-refractivity contribution in [2.45, 2.75) is 53.1 Å². The number of aromatic nitrogens is 1. The summed E-state index contributed by atoms with van der Waals surface area (Å²) in [7, 11) is 0. The van der Waals surface area contributed by atoms with E-state index in [2.05, 4.69) is 44.2 Å². The summed E-state index contributed by atoms with van der Waals surface area (Å²) in [5.41, 5.74) is 2.49. The minimum Gasteiger partial charge on any atom is -0.307 e. The van der Waals surface area contributed by atoms with Gasteiger partial charge in [0.25, 0.3) is 5.56 Å². The minimum absolute atomic E-state index is 0.113. The normalized spacial score (nSPS) is 19.8. The van der Waals surface area contributed by atoms with Gasteiger partial charge in [-0.05, 0) is 49.8 Å². The lowest BCUT2D eigenvalue weighted by molar-refractivity contribution is 0.0776. The van der Waals surface area contributed by atoms with Crippen molar-refractivity contribution >= 4 is 10.9 Å². The molecular weight excluding hydrogens is 296 g/mol. The van der Waals surface area contributed by atoms with E-state index in [1.165, 1.54) is 5.39 Å². The fourth-order valence-electron chi connectivity index (χ4n) is 3.97. The van der Waals surface area contributed by atoms with Crippen LogP contribution < -0.4 is 5.56 Å². The summed E-state index contributed by atoms with van der Waals surface area (Å²) >= 11 is 0. The molecule has 0 bridgehead atoms.